The van der Waals surface area contributed by atoms with Gasteiger partial charge in [-0.2, -0.15) is 0 Å². The highest BCUT2D eigenvalue weighted by molar-refractivity contribution is 7.75. The van der Waals surface area contributed by atoms with Crippen LogP contribution in [0.4, 0.5) is 0 Å². The molecule has 0 aromatic rings. The maximum Gasteiger partial charge on any atom is -0.000593 e. The number of hydrogen-bond acceptors (Lipinski definition) is 0. The van der Waals surface area contributed by atoms with Crippen molar-refractivity contribution in [3.8, 4) is 0 Å². The van der Waals surface area contributed by atoms with E-state index in [9.17, 15) is 0 Å². The van der Waals surface area contributed by atoms with Gasteiger partial charge < -0.3 is 0 Å². The highest BCUT2D eigenvalue weighted by Gasteiger charge is 2.26. The van der Waals surface area contributed by atoms with Gasteiger partial charge in [-0.3, -0.25) is 0 Å². The van der Waals surface area contributed by atoms with Crippen LogP contribution < -0.4 is 0 Å². The summed E-state index contributed by atoms with van der Waals surface area (Å²) in [7, 11) is 0.629. The Hall–Kier alpha value is 0.860. The van der Waals surface area contributed by atoms with E-state index in [1.165, 1.54) is 64.2 Å². The van der Waals surface area contributed by atoms with Gasteiger partial charge in [0.2, 0.25) is 0 Å². The van der Waals surface area contributed by atoms with Gasteiger partial charge in [0.05, 0.1) is 0 Å². The van der Waals surface area contributed by atoms with Crippen molar-refractivity contribution in [2.45, 2.75) is 104 Å². The van der Waals surface area contributed by atoms with Crippen LogP contribution in [0.5, 0.6) is 0 Å². The second kappa shape index (κ2) is 16.7. The van der Waals surface area contributed by atoms with Gasteiger partial charge in [-0.05, 0) is 62.2 Å². The van der Waals surface area contributed by atoms with Crippen LogP contribution >= 0.6 is 15.8 Å². The van der Waals surface area contributed by atoms with Gasteiger partial charge in [0.15, 0.2) is 0 Å². The molecule has 0 aliphatic carbocycles. The molecule has 0 fully saturated rings. The molecule has 0 aromatic carbocycles. The lowest BCUT2D eigenvalue weighted by Gasteiger charge is -2.35. The summed E-state index contributed by atoms with van der Waals surface area (Å²) >= 11 is 0. The van der Waals surface area contributed by atoms with Crippen LogP contribution in [0.3, 0.4) is 0 Å². The van der Waals surface area contributed by atoms with Crippen molar-refractivity contribution < 1.29 is 0 Å². The van der Waals surface area contributed by atoms with E-state index in [-0.39, 0.29) is 0 Å². The van der Waals surface area contributed by atoms with Gasteiger partial charge in [-0.15, -0.1) is 0 Å². The van der Waals surface area contributed by atoms with Crippen molar-refractivity contribution in [2.24, 2.45) is 0 Å². The second-order valence-electron chi connectivity index (χ2n) is 6.76. The van der Waals surface area contributed by atoms with Crippen LogP contribution in [0.1, 0.15) is 98.8 Å². The molecule has 0 radical (unpaired) electrons. The van der Waals surface area contributed by atoms with E-state index < -0.39 is 0 Å². The van der Waals surface area contributed by atoms with Crippen molar-refractivity contribution in [2.75, 3.05) is 24.6 Å². The lowest BCUT2D eigenvalue weighted by Crippen LogP contribution is -2.12. The van der Waals surface area contributed by atoms with E-state index in [4.69, 9.17) is 0 Å². The van der Waals surface area contributed by atoms with E-state index in [1.54, 1.807) is 24.6 Å². The molecule has 0 rings (SSSR count). The van der Waals surface area contributed by atoms with Gasteiger partial charge >= 0.3 is 0 Å². The van der Waals surface area contributed by atoms with Gasteiger partial charge in [0.25, 0.3) is 0 Å². The Balaban J connectivity index is 4.88. The third-order valence-electron chi connectivity index (χ3n) is 4.59. The quantitative estimate of drug-likeness (QED) is 0.247. The SMILES string of the molecule is CCCCP(CCCC)C(CCC)P(CCCC)CCCC. The monoisotopic (exact) mass is 346 g/mol. The summed E-state index contributed by atoms with van der Waals surface area (Å²) in [5.74, 6) is 0. The van der Waals surface area contributed by atoms with Crippen molar-refractivity contribution in [3.63, 3.8) is 0 Å². The summed E-state index contributed by atoms with van der Waals surface area (Å²) in [5.41, 5.74) is 0. The molecule has 0 atom stereocenters. The molecule has 0 spiro atoms. The predicted octanol–water partition coefficient (Wildman–Crippen LogP) is 8.28. The van der Waals surface area contributed by atoms with Crippen molar-refractivity contribution >= 4 is 15.8 Å². The summed E-state index contributed by atoms with van der Waals surface area (Å²) < 4.78 is 0. The molecule has 0 unspecified atom stereocenters. The number of unbranched alkanes of at least 4 members (excludes halogenated alkanes) is 4. The molecular weight excluding hydrogens is 302 g/mol. The zero-order valence-electron chi connectivity index (χ0n) is 16.4. The average molecular weight is 347 g/mol. The van der Waals surface area contributed by atoms with Crippen LogP contribution in [-0.2, 0) is 0 Å². The molecule has 0 aromatic heterocycles. The summed E-state index contributed by atoms with van der Waals surface area (Å²) in [6.45, 7) is 11.9. The molecular formula is C20H44P2. The zero-order valence-corrected chi connectivity index (χ0v) is 18.2. The molecule has 2 heteroatoms. The first-order chi connectivity index (χ1) is 10.7. The fraction of sp³-hybridized carbons (Fsp3) is 1.00. The first kappa shape index (κ1) is 22.9. The van der Waals surface area contributed by atoms with Crippen molar-refractivity contribution in [3.05, 3.63) is 0 Å². The fourth-order valence-electron chi connectivity index (χ4n) is 3.12. The molecule has 22 heavy (non-hydrogen) atoms. The Labute approximate surface area is 145 Å². The molecule has 0 saturated heterocycles. The minimum atomic E-state index is 0.315. The minimum Gasteiger partial charge on any atom is -0.0991 e. The van der Waals surface area contributed by atoms with Crippen LogP contribution in [0.2, 0.25) is 0 Å². The topological polar surface area (TPSA) is 0 Å². The van der Waals surface area contributed by atoms with E-state index in [2.05, 4.69) is 34.6 Å². The van der Waals surface area contributed by atoms with E-state index >= 15 is 0 Å². The first-order valence-electron chi connectivity index (χ1n) is 10.2. The van der Waals surface area contributed by atoms with Crippen LogP contribution in [0.25, 0.3) is 0 Å². The summed E-state index contributed by atoms with van der Waals surface area (Å²) in [4.78, 5) is 0. The highest BCUT2D eigenvalue weighted by atomic mass is 31.2. The summed E-state index contributed by atoms with van der Waals surface area (Å²) in [6.07, 6.45) is 20.8. The van der Waals surface area contributed by atoms with Gasteiger partial charge in [0.1, 0.15) is 0 Å². The van der Waals surface area contributed by atoms with Gasteiger partial charge in [-0.25, -0.2) is 0 Å². The molecule has 0 bridgehead atoms. The third kappa shape index (κ3) is 10.6. The van der Waals surface area contributed by atoms with Crippen LogP contribution in [-0.4, -0.2) is 30.0 Å². The number of rotatable bonds is 16. The first-order valence-corrected chi connectivity index (χ1v) is 13.8. The Morgan fingerprint density at radius 3 is 1.05 bits per heavy atom. The van der Waals surface area contributed by atoms with E-state index in [1.807, 2.05) is 0 Å². The predicted molar refractivity (Wildman–Crippen MR) is 112 cm³/mol. The average Bonchev–Trinajstić information content (AvgIpc) is 2.54. The van der Waals surface area contributed by atoms with Gasteiger partial charge in [-0.1, -0.05) is 82.6 Å². The molecule has 134 valence electrons. The van der Waals surface area contributed by atoms with E-state index in [0.29, 0.717) is 15.8 Å². The third-order valence-corrected chi connectivity index (χ3v) is 12.3. The largest absolute Gasteiger partial charge is 0.0991 e. The van der Waals surface area contributed by atoms with Crippen molar-refractivity contribution in [1.82, 2.24) is 0 Å². The van der Waals surface area contributed by atoms with E-state index in [0.717, 1.165) is 5.40 Å². The summed E-state index contributed by atoms with van der Waals surface area (Å²) in [5, 5.41) is 1.14. The second-order valence-corrected chi connectivity index (χ2v) is 12.6. The molecule has 0 heterocycles. The standard InChI is InChI=1S/C20H44P2/c1-6-11-16-21(17-12-7-2)20(15-10-5)22(18-13-8-3)19-14-9-4/h20H,6-19H2,1-5H3. The highest BCUT2D eigenvalue weighted by Crippen LogP contribution is 2.61. The molecule has 0 saturated carbocycles. The lowest BCUT2D eigenvalue weighted by atomic mass is 10.4. The Morgan fingerprint density at radius 1 is 0.500 bits per heavy atom. The minimum absolute atomic E-state index is 0.315. The zero-order chi connectivity index (χ0) is 16.6. The van der Waals surface area contributed by atoms with Crippen LogP contribution in [0, 0.1) is 0 Å². The maximum absolute atomic E-state index is 2.42. The smallest absolute Gasteiger partial charge is 0.000593 e. The van der Waals surface area contributed by atoms with Crippen LogP contribution in [0.15, 0.2) is 0 Å². The Kier molecular flexibility index (Phi) is 17.4. The molecule has 0 aliphatic rings. The fourth-order valence-corrected chi connectivity index (χ4v) is 12.1. The number of hydrogen-bond donors (Lipinski definition) is 0. The maximum atomic E-state index is 2.42. The van der Waals surface area contributed by atoms with Crippen molar-refractivity contribution in [1.29, 1.82) is 0 Å². The molecule has 0 N–H and O–H groups in total. The van der Waals surface area contributed by atoms with Gasteiger partial charge in [0, 0.05) is 0 Å². The Bertz CT molecular complexity index is 182. The Morgan fingerprint density at radius 2 is 0.818 bits per heavy atom. The lowest BCUT2D eigenvalue weighted by molar-refractivity contribution is 0.812. The molecule has 0 nitrogen and oxygen atoms in total. The summed E-state index contributed by atoms with van der Waals surface area (Å²) in [6, 6.07) is 0. The molecule has 0 amide bonds. The molecule has 0 aliphatic heterocycles. The normalized spacial score (nSPS) is 12.0.